The van der Waals surface area contributed by atoms with Gasteiger partial charge in [-0.2, -0.15) is 0 Å². The third-order valence-electron chi connectivity index (χ3n) is 5.14. The zero-order valence-corrected chi connectivity index (χ0v) is 17.8. The predicted octanol–water partition coefficient (Wildman–Crippen LogP) is 3.07. The zero-order chi connectivity index (χ0) is 22.2. The quantitative estimate of drug-likeness (QED) is 0.510. The van der Waals surface area contributed by atoms with E-state index >= 15 is 0 Å². The van der Waals surface area contributed by atoms with E-state index in [9.17, 15) is 14.9 Å². The highest BCUT2D eigenvalue weighted by Gasteiger charge is 2.22. The molecule has 3 rings (SSSR count). The van der Waals surface area contributed by atoms with E-state index in [1.54, 1.807) is 26.2 Å². The molecule has 9 heteroatoms. The molecule has 2 aromatic rings. The highest BCUT2D eigenvalue weighted by molar-refractivity contribution is 5.69. The first-order chi connectivity index (χ1) is 14.9. The van der Waals surface area contributed by atoms with Crippen molar-refractivity contribution in [3.05, 3.63) is 64.2 Å². The lowest BCUT2D eigenvalue weighted by atomic mass is 10.0. The van der Waals surface area contributed by atoms with Crippen molar-refractivity contribution in [2.75, 3.05) is 46.9 Å². The predicted molar refractivity (Wildman–Crippen MR) is 117 cm³/mol. The maximum atomic E-state index is 11.7. The Bertz CT molecular complexity index is 864. The number of hydrogen-bond donors (Lipinski definition) is 1. The average Bonchev–Trinajstić information content (AvgIpc) is 2.78. The van der Waals surface area contributed by atoms with Crippen molar-refractivity contribution in [2.45, 2.75) is 12.5 Å². The molecule has 9 nitrogen and oxygen atoms in total. The Kier molecular flexibility index (Phi) is 7.80. The first-order valence-electron chi connectivity index (χ1n) is 10.2. The van der Waals surface area contributed by atoms with Crippen molar-refractivity contribution in [2.24, 2.45) is 0 Å². The lowest BCUT2D eigenvalue weighted by Crippen LogP contribution is -2.45. The van der Waals surface area contributed by atoms with E-state index in [4.69, 9.17) is 9.47 Å². The Balaban J connectivity index is 1.65. The van der Waals surface area contributed by atoms with Crippen LogP contribution in [0.15, 0.2) is 48.5 Å². The van der Waals surface area contributed by atoms with Gasteiger partial charge in [0, 0.05) is 64.9 Å². The van der Waals surface area contributed by atoms with Gasteiger partial charge >= 0.3 is 6.09 Å². The monoisotopic (exact) mass is 428 g/mol. The van der Waals surface area contributed by atoms with Gasteiger partial charge in [0.2, 0.25) is 0 Å². The molecule has 1 amide bonds. The van der Waals surface area contributed by atoms with Crippen LogP contribution in [0.1, 0.15) is 18.0 Å². The van der Waals surface area contributed by atoms with Gasteiger partial charge in [0.15, 0.2) is 0 Å². The fourth-order valence-electron chi connectivity index (χ4n) is 3.46. The van der Waals surface area contributed by atoms with E-state index in [1.165, 1.54) is 17.0 Å². The van der Waals surface area contributed by atoms with E-state index in [1.807, 2.05) is 24.3 Å². The molecule has 1 N–H and O–H groups in total. The van der Waals surface area contributed by atoms with Crippen LogP contribution in [0.3, 0.4) is 0 Å². The van der Waals surface area contributed by atoms with E-state index in [0.29, 0.717) is 18.1 Å². The number of rotatable bonds is 8. The number of nitrogens with zero attached hydrogens (tertiary/aromatic N) is 3. The second-order valence-corrected chi connectivity index (χ2v) is 7.52. The van der Waals surface area contributed by atoms with Gasteiger partial charge in [0.05, 0.1) is 11.5 Å². The fourth-order valence-corrected chi connectivity index (χ4v) is 3.46. The second-order valence-electron chi connectivity index (χ2n) is 7.52. The number of ether oxygens (including phenoxy) is 2. The molecule has 0 aromatic heterocycles. The molecule has 1 aliphatic rings. The van der Waals surface area contributed by atoms with Crippen LogP contribution < -0.4 is 14.8 Å². The first kappa shape index (κ1) is 22.5. The molecule has 0 aliphatic carbocycles. The lowest BCUT2D eigenvalue weighted by Gasteiger charge is -2.35. The minimum absolute atomic E-state index is 0.0427. The first-order valence-corrected chi connectivity index (χ1v) is 10.2. The molecule has 0 spiro atoms. The maximum Gasteiger partial charge on any atom is 0.414 e. The molecule has 31 heavy (non-hydrogen) atoms. The van der Waals surface area contributed by atoms with Gasteiger partial charge in [-0.05, 0) is 29.8 Å². The van der Waals surface area contributed by atoms with Crippen LogP contribution in [0.25, 0.3) is 0 Å². The van der Waals surface area contributed by atoms with Gasteiger partial charge < -0.3 is 19.7 Å². The summed E-state index contributed by atoms with van der Waals surface area (Å²) in [4.78, 5) is 25.9. The molecule has 1 fully saturated rings. The number of nitro benzene ring substituents is 1. The number of carbonyl (C=O) groups excluding carboxylic acids is 1. The molecular weight excluding hydrogens is 400 g/mol. The van der Waals surface area contributed by atoms with Gasteiger partial charge in [0.25, 0.3) is 5.69 Å². The molecule has 1 atom stereocenters. The van der Waals surface area contributed by atoms with Gasteiger partial charge in [0.1, 0.15) is 11.5 Å². The standard InChI is InChI=1S/C22H28N4O5/c1-24(2)22(27)31-20-7-3-17(4-8-20)21(25-14-12-23-13-15-25)11-16-30-19-9-5-18(6-10-19)26(28)29/h3-10,21,23H,11-16H2,1-2H3. The summed E-state index contributed by atoms with van der Waals surface area (Å²) in [5.41, 5.74) is 1.17. The molecule has 166 valence electrons. The van der Waals surface area contributed by atoms with E-state index in [2.05, 4.69) is 10.2 Å². The number of nitrogens with one attached hydrogen (secondary N) is 1. The highest BCUT2D eigenvalue weighted by atomic mass is 16.6. The summed E-state index contributed by atoms with van der Waals surface area (Å²) in [6.45, 7) is 4.19. The number of benzene rings is 2. The zero-order valence-electron chi connectivity index (χ0n) is 17.8. The van der Waals surface area contributed by atoms with Gasteiger partial charge in [-0.25, -0.2) is 4.79 Å². The minimum Gasteiger partial charge on any atom is -0.494 e. The Labute approximate surface area is 181 Å². The summed E-state index contributed by atoms with van der Waals surface area (Å²) in [6, 6.07) is 13.9. The molecule has 0 radical (unpaired) electrons. The number of piperazine rings is 1. The Morgan fingerprint density at radius 1 is 1.10 bits per heavy atom. The maximum absolute atomic E-state index is 11.7. The van der Waals surface area contributed by atoms with Crippen LogP contribution >= 0.6 is 0 Å². The van der Waals surface area contributed by atoms with Gasteiger partial charge in [-0.1, -0.05) is 12.1 Å². The van der Waals surface area contributed by atoms with Crippen molar-refractivity contribution in [1.29, 1.82) is 0 Å². The van der Waals surface area contributed by atoms with Gasteiger partial charge in [-0.15, -0.1) is 0 Å². The van der Waals surface area contributed by atoms with Crippen molar-refractivity contribution < 1.29 is 19.2 Å². The molecule has 1 unspecified atom stereocenters. The molecule has 0 bridgehead atoms. The topological polar surface area (TPSA) is 97.2 Å². The van der Waals surface area contributed by atoms with Crippen LogP contribution in [0.5, 0.6) is 11.5 Å². The summed E-state index contributed by atoms with van der Waals surface area (Å²) in [6.07, 6.45) is 0.344. The van der Waals surface area contributed by atoms with Crippen LogP contribution in [0.4, 0.5) is 10.5 Å². The Morgan fingerprint density at radius 3 is 2.29 bits per heavy atom. The number of hydrogen-bond acceptors (Lipinski definition) is 7. The van der Waals surface area contributed by atoms with Crippen molar-refractivity contribution >= 4 is 11.8 Å². The highest BCUT2D eigenvalue weighted by Crippen LogP contribution is 2.27. The van der Waals surface area contributed by atoms with E-state index < -0.39 is 11.0 Å². The largest absolute Gasteiger partial charge is 0.494 e. The summed E-state index contributed by atoms with van der Waals surface area (Å²) in [5, 5.41) is 14.2. The third-order valence-corrected chi connectivity index (χ3v) is 5.14. The van der Waals surface area contributed by atoms with Crippen molar-refractivity contribution in [1.82, 2.24) is 15.1 Å². The van der Waals surface area contributed by atoms with Crippen LogP contribution in [-0.2, 0) is 0 Å². The molecule has 1 saturated heterocycles. The molecule has 2 aromatic carbocycles. The van der Waals surface area contributed by atoms with Crippen LogP contribution in [0.2, 0.25) is 0 Å². The smallest absolute Gasteiger partial charge is 0.414 e. The molecule has 0 saturated carbocycles. The van der Waals surface area contributed by atoms with Crippen molar-refractivity contribution in [3.8, 4) is 11.5 Å². The third kappa shape index (κ3) is 6.40. The number of non-ortho nitro benzene ring substituents is 1. The number of amides is 1. The number of nitro groups is 1. The summed E-state index contributed by atoms with van der Waals surface area (Å²) in [5.74, 6) is 1.11. The van der Waals surface area contributed by atoms with E-state index in [0.717, 1.165) is 38.2 Å². The SMILES string of the molecule is CN(C)C(=O)Oc1ccc(C(CCOc2ccc([N+](=O)[O-])cc2)N2CCNCC2)cc1. The average molecular weight is 428 g/mol. The molecular formula is C22H28N4O5. The normalized spacial score (nSPS) is 15.2. The van der Waals surface area contributed by atoms with E-state index in [-0.39, 0.29) is 11.7 Å². The van der Waals surface area contributed by atoms with Crippen molar-refractivity contribution in [3.63, 3.8) is 0 Å². The van der Waals surface area contributed by atoms with Gasteiger partial charge in [-0.3, -0.25) is 15.0 Å². The Hall–Kier alpha value is -3.17. The molecule has 1 heterocycles. The van der Waals surface area contributed by atoms with Crippen LogP contribution in [0, 0.1) is 10.1 Å². The fraction of sp³-hybridized carbons (Fsp3) is 0.409. The van der Waals surface area contributed by atoms with Crippen LogP contribution in [-0.4, -0.2) is 67.7 Å². The summed E-state index contributed by atoms with van der Waals surface area (Å²) < 4.78 is 11.2. The minimum atomic E-state index is -0.427. The summed E-state index contributed by atoms with van der Waals surface area (Å²) in [7, 11) is 3.28. The summed E-state index contributed by atoms with van der Waals surface area (Å²) >= 11 is 0. The number of carbonyl (C=O) groups is 1. The second kappa shape index (κ2) is 10.7. The lowest BCUT2D eigenvalue weighted by molar-refractivity contribution is -0.384. The molecule has 1 aliphatic heterocycles. The Morgan fingerprint density at radius 2 is 1.71 bits per heavy atom.